The maximum absolute atomic E-state index is 11.9. The number of methoxy groups -OCH3 is 1. The Balaban J connectivity index is 2.67. The molecule has 0 saturated carbocycles. The van der Waals surface area contributed by atoms with E-state index >= 15 is 0 Å². The summed E-state index contributed by atoms with van der Waals surface area (Å²) in [5.74, 6) is -1.36. The molecule has 0 N–H and O–H groups in total. The van der Waals surface area contributed by atoms with E-state index in [9.17, 15) is 14.4 Å². The molecule has 1 amide bonds. The van der Waals surface area contributed by atoms with Crippen molar-refractivity contribution in [1.82, 2.24) is 9.80 Å². The van der Waals surface area contributed by atoms with Crippen LogP contribution in [0.4, 0.5) is 0 Å². The standard InChI is InChI=1S/C11H18N2O5/c1-8(14)18-7-10(15)13-5-4-12(2)6-9(13)11(16)17-3/h9H,4-7H2,1-3H3. The Hall–Kier alpha value is -1.63. The summed E-state index contributed by atoms with van der Waals surface area (Å²) in [4.78, 5) is 37.5. The van der Waals surface area contributed by atoms with Gasteiger partial charge in [-0.15, -0.1) is 0 Å². The molecule has 1 aliphatic rings. The van der Waals surface area contributed by atoms with E-state index in [-0.39, 0.29) is 12.5 Å². The monoisotopic (exact) mass is 258 g/mol. The van der Waals surface area contributed by atoms with Crippen molar-refractivity contribution in [3.05, 3.63) is 0 Å². The fourth-order valence-electron chi connectivity index (χ4n) is 1.80. The molecule has 0 aromatic carbocycles. The highest BCUT2D eigenvalue weighted by molar-refractivity contribution is 5.86. The highest BCUT2D eigenvalue weighted by Crippen LogP contribution is 2.10. The third kappa shape index (κ3) is 3.69. The van der Waals surface area contributed by atoms with Crippen molar-refractivity contribution in [3.8, 4) is 0 Å². The number of rotatable bonds is 3. The number of esters is 2. The van der Waals surface area contributed by atoms with Gasteiger partial charge in [-0.05, 0) is 7.05 Å². The molecule has 1 unspecified atom stereocenters. The lowest BCUT2D eigenvalue weighted by Gasteiger charge is -2.38. The number of amides is 1. The van der Waals surface area contributed by atoms with E-state index < -0.39 is 18.0 Å². The summed E-state index contributed by atoms with van der Waals surface area (Å²) in [6.45, 7) is 2.38. The van der Waals surface area contributed by atoms with Gasteiger partial charge in [-0.25, -0.2) is 4.79 Å². The van der Waals surface area contributed by atoms with Crippen LogP contribution in [0.25, 0.3) is 0 Å². The summed E-state index contributed by atoms with van der Waals surface area (Å²) in [5.41, 5.74) is 0. The Labute approximate surface area is 106 Å². The van der Waals surface area contributed by atoms with Crippen LogP contribution < -0.4 is 0 Å². The second-order valence-corrected chi connectivity index (χ2v) is 4.17. The molecule has 18 heavy (non-hydrogen) atoms. The van der Waals surface area contributed by atoms with Crippen molar-refractivity contribution in [2.24, 2.45) is 0 Å². The smallest absolute Gasteiger partial charge is 0.329 e. The molecule has 1 rings (SSSR count). The van der Waals surface area contributed by atoms with Gasteiger partial charge < -0.3 is 19.3 Å². The summed E-state index contributed by atoms with van der Waals surface area (Å²) in [5, 5.41) is 0. The molecular formula is C11H18N2O5. The zero-order valence-corrected chi connectivity index (χ0v) is 10.8. The average Bonchev–Trinajstić information content (AvgIpc) is 2.34. The molecule has 0 aromatic rings. The summed E-state index contributed by atoms with van der Waals surface area (Å²) in [6.07, 6.45) is 0. The molecule has 1 heterocycles. The van der Waals surface area contributed by atoms with Gasteiger partial charge in [0.25, 0.3) is 5.91 Å². The number of ether oxygens (including phenoxy) is 2. The third-order valence-corrected chi connectivity index (χ3v) is 2.78. The first-order valence-electron chi connectivity index (χ1n) is 5.65. The number of carbonyl (C=O) groups excluding carboxylic acids is 3. The molecule has 7 nitrogen and oxygen atoms in total. The van der Waals surface area contributed by atoms with E-state index in [1.165, 1.54) is 18.9 Å². The van der Waals surface area contributed by atoms with Crippen LogP contribution in [0.2, 0.25) is 0 Å². The Morgan fingerprint density at radius 1 is 1.28 bits per heavy atom. The second-order valence-electron chi connectivity index (χ2n) is 4.17. The van der Waals surface area contributed by atoms with Gasteiger partial charge in [0.1, 0.15) is 6.04 Å². The van der Waals surface area contributed by atoms with Crippen LogP contribution in [0.15, 0.2) is 0 Å². The second kappa shape index (κ2) is 6.34. The van der Waals surface area contributed by atoms with Gasteiger partial charge in [0.05, 0.1) is 7.11 Å². The molecule has 1 atom stereocenters. The van der Waals surface area contributed by atoms with Crippen LogP contribution in [0.5, 0.6) is 0 Å². The van der Waals surface area contributed by atoms with E-state index in [1.54, 1.807) is 0 Å². The number of hydrogen-bond donors (Lipinski definition) is 0. The van der Waals surface area contributed by atoms with Crippen molar-refractivity contribution < 1.29 is 23.9 Å². The molecule has 1 aliphatic heterocycles. The maximum Gasteiger partial charge on any atom is 0.329 e. The molecular weight excluding hydrogens is 240 g/mol. The van der Waals surface area contributed by atoms with Crippen LogP contribution in [-0.4, -0.2) is 74.1 Å². The summed E-state index contributed by atoms with van der Waals surface area (Å²) in [6, 6.07) is -0.642. The third-order valence-electron chi connectivity index (χ3n) is 2.78. The Bertz CT molecular complexity index is 344. The number of likely N-dealkylation sites (N-methyl/N-ethyl adjacent to an activating group) is 1. The normalized spacial score (nSPS) is 20.4. The van der Waals surface area contributed by atoms with Crippen LogP contribution in [0, 0.1) is 0 Å². The van der Waals surface area contributed by atoms with Crippen molar-refractivity contribution in [1.29, 1.82) is 0 Å². The van der Waals surface area contributed by atoms with E-state index in [2.05, 4.69) is 9.47 Å². The van der Waals surface area contributed by atoms with E-state index in [1.807, 2.05) is 11.9 Å². The minimum Gasteiger partial charge on any atom is -0.467 e. The van der Waals surface area contributed by atoms with Crippen molar-refractivity contribution in [2.75, 3.05) is 40.4 Å². The predicted molar refractivity (Wildman–Crippen MR) is 61.6 cm³/mol. The van der Waals surface area contributed by atoms with E-state index in [0.717, 1.165) is 0 Å². The molecule has 7 heteroatoms. The number of carbonyl (C=O) groups is 3. The molecule has 0 bridgehead atoms. The van der Waals surface area contributed by atoms with Gasteiger partial charge in [0.2, 0.25) is 0 Å². The van der Waals surface area contributed by atoms with Crippen LogP contribution >= 0.6 is 0 Å². The van der Waals surface area contributed by atoms with Gasteiger partial charge in [-0.3, -0.25) is 9.59 Å². The Kier molecular flexibility index (Phi) is 5.08. The highest BCUT2D eigenvalue weighted by atomic mass is 16.5. The fraction of sp³-hybridized carbons (Fsp3) is 0.727. The molecule has 1 fully saturated rings. The SMILES string of the molecule is COC(=O)C1CN(C)CCN1C(=O)COC(C)=O. The van der Waals surface area contributed by atoms with E-state index in [0.29, 0.717) is 19.6 Å². The fourth-order valence-corrected chi connectivity index (χ4v) is 1.80. The molecule has 0 radical (unpaired) electrons. The van der Waals surface area contributed by atoms with Gasteiger partial charge in [0, 0.05) is 26.6 Å². The Morgan fingerprint density at radius 2 is 1.94 bits per heavy atom. The minimum atomic E-state index is -0.642. The topological polar surface area (TPSA) is 76.2 Å². The van der Waals surface area contributed by atoms with Crippen LogP contribution in [0.3, 0.4) is 0 Å². The van der Waals surface area contributed by atoms with Gasteiger partial charge in [0.15, 0.2) is 6.61 Å². The zero-order chi connectivity index (χ0) is 13.7. The predicted octanol–water partition coefficient (Wildman–Crippen LogP) is -1.13. The first-order valence-corrected chi connectivity index (χ1v) is 5.65. The first kappa shape index (κ1) is 14.4. The maximum atomic E-state index is 11.9. The number of nitrogens with zero attached hydrogens (tertiary/aromatic N) is 2. The van der Waals surface area contributed by atoms with Crippen molar-refractivity contribution >= 4 is 17.8 Å². The lowest BCUT2D eigenvalue weighted by atomic mass is 10.1. The lowest BCUT2D eigenvalue weighted by molar-refractivity contribution is -0.160. The largest absolute Gasteiger partial charge is 0.467 e. The quantitative estimate of drug-likeness (QED) is 0.596. The lowest BCUT2D eigenvalue weighted by Crippen LogP contribution is -2.58. The molecule has 0 aromatic heterocycles. The summed E-state index contributed by atoms with van der Waals surface area (Å²) in [7, 11) is 3.15. The zero-order valence-electron chi connectivity index (χ0n) is 10.8. The van der Waals surface area contributed by atoms with Crippen LogP contribution in [-0.2, 0) is 23.9 Å². The van der Waals surface area contributed by atoms with Gasteiger partial charge in [-0.2, -0.15) is 0 Å². The minimum absolute atomic E-state index is 0.341. The van der Waals surface area contributed by atoms with Crippen molar-refractivity contribution in [3.63, 3.8) is 0 Å². The van der Waals surface area contributed by atoms with Crippen LogP contribution in [0.1, 0.15) is 6.92 Å². The number of hydrogen-bond acceptors (Lipinski definition) is 6. The molecule has 0 aliphatic carbocycles. The van der Waals surface area contributed by atoms with Crippen molar-refractivity contribution in [2.45, 2.75) is 13.0 Å². The molecule has 102 valence electrons. The average molecular weight is 258 g/mol. The summed E-state index contributed by atoms with van der Waals surface area (Å²) < 4.78 is 9.33. The first-order chi connectivity index (χ1) is 8.45. The number of piperazine rings is 1. The molecule has 0 spiro atoms. The Morgan fingerprint density at radius 3 is 2.50 bits per heavy atom. The van der Waals surface area contributed by atoms with Gasteiger partial charge >= 0.3 is 11.9 Å². The van der Waals surface area contributed by atoms with Gasteiger partial charge in [-0.1, -0.05) is 0 Å². The van der Waals surface area contributed by atoms with E-state index in [4.69, 9.17) is 0 Å². The summed E-state index contributed by atoms with van der Waals surface area (Å²) >= 11 is 0. The highest BCUT2D eigenvalue weighted by Gasteiger charge is 2.35. The molecule has 1 saturated heterocycles.